The number of cyclic esters (lactones) is 1. The maximum absolute atomic E-state index is 13.2. The van der Waals surface area contributed by atoms with Gasteiger partial charge in [0.05, 0.1) is 30.0 Å². The van der Waals surface area contributed by atoms with Crippen LogP contribution >= 0.6 is 0 Å². The first-order valence-corrected chi connectivity index (χ1v) is 9.24. The fourth-order valence-corrected chi connectivity index (χ4v) is 3.31. The number of para-hydroxylation sites is 1. The summed E-state index contributed by atoms with van der Waals surface area (Å²) < 4.78 is 12.4. The van der Waals surface area contributed by atoms with Gasteiger partial charge in [0.2, 0.25) is 0 Å². The van der Waals surface area contributed by atoms with Gasteiger partial charge < -0.3 is 14.9 Å². The first-order valence-electron chi connectivity index (χ1n) is 9.24. The number of carbonyl (C=O) groups excluding carboxylic acids is 1. The van der Waals surface area contributed by atoms with Gasteiger partial charge in [-0.3, -0.25) is 9.59 Å². The van der Waals surface area contributed by atoms with Gasteiger partial charge in [-0.25, -0.2) is 9.66 Å². The zero-order valence-corrected chi connectivity index (χ0v) is 15.5. The van der Waals surface area contributed by atoms with Crippen LogP contribution in [0.2, 0.25) is 0 Å². The van der Waals surface area contributed by atoms with E-state index in [1.807, 2.05) is 43.3 Å². The Kier molecular flexibility index (Phi) is 5.08. The van der Waals surface area contributed by atoms with E-state index in [2.05, 4.69) is 10.4 Å². The van der Waals surface area contributed by atoms with Crippen LogP contribution in [0.1, 0.15) is 36.9 Å². The quantitative estimate of drug-likeness (QED) is 0.655. The standard InChI is InChI=1S/C21H21N3O4/c1-14-20-22-17-10-6-5-9-16(17)21(26)24(20)23-18(15-7-3-2-4-8-15)13-19(25)28-12-11-27-14/h2-10,14,18,23H,11-13H2,1H3/t14-,18-/m1/s1. The smallest absolute Gasteiger partial charge is 0.308 e. The molecule has 0 saturated heterocycles. The normalized spacial score (nSPS) is 20.5. The molecule has 4 rings (SSSR count). The second-order valence-corrected chi connectivity index (χ2v) is 6.66. The topological polar surface area (TPSA) is 82.4 Å². The summed E-state index contributed by atoms with van der Waals surface area (Å²) in [5, 5.41) is 0.496. The lowest BCUT2D eigenvalue weighted by molar-refractivity contribution is -0.146. The number of esters is 1. The Morgan fingerprint density at radius 3 is 2.61 bits per heavy atom. The van der Waals surface area contributed by atoms with Crippen molar-refractivity contribution in [1.29, 1.82) is 0 Å². The monoisotopic (exact) mass is 379 g/mol. The molecule has 1 N–H and O–H groups in total. The number of hydrogen-bond acceptors (Lipinski definition) is 6. The third-order valence-corrected chi connectivity index (χ3v) is 4.74. The second kappa shape index (κ2) is 7.82. The minimum absolute atomic E-state index is 0.0805. The Morgan fingerprint density at radius 2 is 1.79 bits per heavy atom. The van der Waals surface area contributed by atoms with E-state index in [0.717, 1.165) is 5.56 Å². The maximum atomic E-state index is 13.2. The van der Waals surface area contributed by atoms with Crippen LogP contribution in [0.4, 0.5) is 0 Å². The van der Waals surface area contributed by atoms with Gasteiger partial charge in [-0.2, -0.15) is 0 Å². The van der Waals surface area contributed by atoms with Crippen LogP contribution in [0, 0.1) is 0 Å². The lowest BCUT2D eigenvalue weighted by atomic mass is 10.0. The molecule has 144 valence electrons. The van der Waals surface area contributed by atoms with Gasteiger partial charge in [-0.05, 0) is 24.6 Å². The number of fused-ring (bicyclic) bond motifs is 2. The molecule has 1 aliphatic heterocycles. The molecule has 2 aromatic carbocycles. The molecule has 0 fully saturated rings. The van der Waals surface area contributed by atoms with E-state index in [-0.39, 0.29) is 31.2 Å². The predicted molar refractivity (Wildman–Crippen MR) is 104 cm³/mol. The highest BCUT2D eigenvalue weighted by Crippen LogP contribution is 2.22. The Morgan fingerprint density at radius 1 is 1.04 bits per heavy atom. The molecular formula is C21H21N3O4. The van der Waals surface area contributed by atoms with Gasteiger partial charge in [0.25, 0.3) is 5.56 Å². The van der Waals surface area contributed by atoms with E-state index in [4.69, 9.17) is 9.47 Å². The molecule has 0 amide bonds. The van der Waals surface area contributed by atoms with Crippen LogP contribution in [-0.2, 0) is 14.3 Å². The highest BCUT2D eigenvalue weighted by Gasteiger charge is 2.24. The molecule has 0 radical (unpaired) electrons. The molecule has 0 unspecified atom stereocenters. The van der Waals surface area contributed by atoms with Gasteiger partial charge in [0.15, 0.2) is 5.82 Å². The Hall–Kier alpha value is -3.19. The molecule has 7 heteroatoms. The summed E-state index contributed by atoms with van der Waals surface area (Å²) >= 11 is 0. The number of nitrogens with one attached hydrogen (secondary N) is 1. The zero-order valence-electron chi connectivity index (χ0n) is 15.5. The Labute approximate surface area is 161 Å². The minimum Gasteiger partial charge on any atom is -0.463 e. The molecule has 1 aliphatic rings. The number of carbonyl (C=O) groups is 1. The minimum atomic E-state index is -0.460. The second-order valence-electron chi connectivity index (χ2n) is 6.66. The lowest BCUT2D eigenvalue weighted by Crippen LogP contribution is -2.36. The van der Waals surface area contributed by atoms with Crippen LogP contribution in [0.15, 0.2) is 59.4 Å². The summed E-state index contributed by atoms with van der Waals surface area (Å²) in [7, 11) is 0. The first kappa shape index (κ1) is 18.2. The predicted octanol–water partition coefficient (Wildman–Crippen LogP) is 2.71. The van der Waals surface area contributed by atoms with Crippen LogP contribution in [0.3, 0.4) is 0 Å². The summed E-state index contributed by atoms with van der Waals surface area (Å²) in [6.07, 6.45) is -0.380. The van der Waals surface area contributed by atoms with Crippen LogP contribution < -0.4 is 11.0 Å². The Bertz CT molecular complexity index is 1050. The molecule has 0 saturated carbocycles. The third-order valence-electron chi connectivity index (χ3n) is 4.74. The molecular weight excluding hydrogens is 358 g/mol. The molecule has 0 aliphatic carbocycles. The number of rotatable bonds is 1. The molecule has 0 spiro atoms. The van der Waals surface area contributed by atoms with Gasteiger partial charge in [-0.1, -0.05) is 42.5 Å². The average molecular weight is 379 g/mol. The number of nitrogens with zero attached hydrogens (tertiary/aromatic N) is 2. The number of ether oxygens (including phenoxy) is 2. The van der Waals surface area contributed by atoms with Crippen molar-refractivity contribution < 1.29 is 14.3 Å². The largest absolute Gasteiger partial charge is 0.463 e. The van der Waals surface area contributed by atoms with E-state index >= 15 is 0 Å². The number of benzene rings is 2. The van der Waals surface area contributed by atoms with Gasteiger partial charge in [-0.15, -0.1) is 0 Å². The van der Waals surface area contributed by atoms with Crippen molar-refractivity contribution >= 4 is 16.9 Å². The van der Waals surface area contributed by atoms with Crippen molar-refractivity contribution in [2.24, 2.45) is 0 Å². The van der Waals surface area contributed by atoms with E-state index in [9.17, 15) is 9.59 Å². The lowest BCUT2D eigenvalue weighted by Gasteiger charge is -2.24. The molecule has 7 nitrogen and oxygen atoms in total. The summed E-state index contributed by atoms with van der Waals surface area (Å²) in [6.45, 7) is 2.21. The molecule has 28 heavy (non-hydrogen) atoms. The van der Waals surface area contributed by atoms with Crippen LogP contribution in [-0.4, -0.2) is 28.8 Å². The van der Waals surface area contributed by atoms with E-state index < -0.39 is 12.1 Å². The van der Waals surface area contributed by atoms with E-state index in [1.165, 1.54) is 4.68 Å². The van der Waals surface area contributed by atoms with Gasteiger partial charge >= 0.3 is 5.97 Å². The van der Waals surface area contributed by atoms with Crippen molar-refractivity contribution in [1.82, 2.24) is 9.66 Å². The van der Waals surface area contributed by atoms with Crippen molar-refractivity contribution in [2.45, 2.75) is 25.5 Å². The van der Waals surface area contributed by atoms with Crippen molar-refractivity contribution in [2.75, 3.05) is 18.6 Å². The zero-order chi connectivity index (χ0) is 19.5. The van der Waals surface area contributed by atoms with Crippen LogP contribution in [0.5, 0.6) is 0 Å². The SMILES string of the molecule is C[C@H]1OCCOC(=O)C[C@H](c2ccccc2)Nn2c1nc1ccccc1c2=O. The summed E-state index contributed by atoms with van der Waals surface area (Å²) in [4.78, 5) is 30.1. The highest BCUT2D eigenvalue weighted by atomic mass is 16.6. The molecule has 2 heterocycles. The van der Waals surface area contributed by atoms with Gasteiger partial charge in [0.1, 0.15) is 12.7 Å². The van der Waals surface area contributed by atoms with E-state index in [0.29, 0.717) is 16.7 Å². The summed E-state index contributed by atoms with van der Waals surface area (Å²) in [6, 6.07) is 16.2. The number of aromatic nitrogens is 2. The summed E-state index contributed by atoms with van der Waals surface area (Å²) in [5.74, 6) is 0.0989. The molecule has 3 aromatic rings. The summed E-state index contributed by atoms with van der Waals surface area (Å²) in [5.41, 5.74) is 4.44. The average Bonchev–Trinajstić information content (AvgIpc) is 2.75. The molecule has 0 bridgehead atoms. The van der Waals surface area contributed by atoms with Crippen molar-refractivity contribution in [3.8, 4) is 0 Å². The van der Waals surface area contributed by atoms with E-state index in [1.54, 1.807) is 18.2 Å². The highest BCUT2D eigenvalue weighted by molar-refractivity contribution is 5.77. The van der Waals surface area contributed by atoms with Crippen molar-refractivity contribution in [3.05, 3.63) is 76.3 Å². The first-order chi connectivity index (χ1) is 13.6. The third kappa shape index (κ3) is 3.61. The fourth-order valence-electron chi connectivity index (χ4n) is 3.31. The van der Waals surface area contributed by atoms with Gasteiger partial charge in [0, 0.05) is 0 Å². The number of hydrogen-bond donors (Lipinski definition) is 1. The Balaban J connectivity index is 1.87. The fraction of sp³-hybridized carbons (Fsp3) is 0.286. The van der Waals surface area contributed by atoms with Crippen LogP contribution in [0.25, 0.3) is 10.9 Å². The van der Waals surface area contributed by atoms with Crippen molar-refractivity contribution in [3.63, 3.8) is 0 Å². The molecule has 1 aromatic heterocycles. The molecule has 2 atom stereocenters. The maximum Gasteiger partial charge on any atom is 0.308 e.